The first-order valence-electron chi connectivity index (χ1n) is 7.54. The standard InChI is InChI=1S/C16H18N4OS3/c1-10-8-13(11(2)18-10)14(21)9-23-16-20-19-15(24-16)17-6-5-12-4-3-7-22-12/h3-4,7-8,18H,5-6,9H2,1-2H3,(H,17,19). The number of carbonyl (C=O) groups is 1. The van der Waals surface area contributed by atoms with E-state index in [1.54, 1.807) is 11.3 Å². The highest BCUT2D eigenvalue weighted by molar-refractivity contribution is 8.01. The van der Waals surface area contributed by atoms with Gasteiger partial charge in [-0.1, -0.05) is 29.2 Å². The lowest BCUT2D eigenvalue weighted by molar-refractivity contribution is 0.102. The van der Waals surface area contributed by atoms with Crippen LogP contribution in [0.1, 0.15) is 26.6 Å². The van der Waals surface area contributed by atoms with Crippen molar-refractivity contribution in [1.29, 1.82) is 0 Å². The first-order chi connectivity index (χ1) is 11.6. The summed E-state index contributed by atoms with van der Waals surface area (Å²) in [5, 5.41) is 14.4. The Balaban J connectivity index is 1.47. The fourth-order valence-electron chi connectivity index (χ4n) is 2.31. The predicted molar refractivity (Wildman–Crippen MR) is 102 cm³/mol. The van der Waals surface area contributed by atoms with Crippen molar-refractivity contribution >= 4 is 45.4 Å². The van der Waals surface area contributed by atoms with Crippen LogP contribution >= 0.6 is 34.4 Å². The van der Waals surface area contributed by atoms with Crippen molar-refractivity contribution in [3.05, 3.63) is 45.4 Å². The zero-order valence-corrected chi connectivity index (χ0v) is 15.9. The summed E-state index contributed by atoms with van der Waals surface area (Å²) in [6.07, 6.45) is 0.977. The van der Waals surface area contributed by atoms with Gasteiger partial charge in [-0.25, -0.2) is 0 Å². The van der Waals surface area contributed by atoms with E-state index in [0.717, 1.165) is 39.4 Å². The minimum Gasteiger partial charge on any atom is -0.362 e. The third-order valence-electron chi connectivity index (χ3n) is 3.41. The highest BCUT2D eigenvalue weighted by atomic mass is 32.2. The Kier molecular flexibility index (Phi) is 5.70. The lowest BCUT2D eigenvalue weighted by Gasteiger charge is -1.99. The zero-order valence-electron chi connectivity index (χ0n) is 13.5. The van der Waals surface area contributed by atoms with E-state index in [0.29, 0.717) is 5.75 Å². The molecule has 2 N–H and O–H groups in total. The molecule has 24 heavy (non-hydrogen) atoms. The lowest BCUT2D eigenvalue weighted by atomic mass is 10.2. The average Bonchev–Trinajstić information content (AvgIpc) is 3.27. The molecule has 0 aromatic carbocycles. The normalized spacial score (nSPS) is 10.9. The van der Waals surface area contributed by atoms with Gasteiger partial charge in [0, 0.05) is 28.4 Å². The van der Waals surface area contributed by atoms with Crippen LogP contribution in [0, 0.1) is 13.8 Å². The Morgan fingerprint density at radius 3 is 2.96 bits per heavy atom. The number of aromatic nitrogens is 3. The number of nitrogens with one attached hydrogen (secondary N) is 2. The van der Waals surface area contributed by atoms with Gasteiger partial charge in [0.05, 0.1) is 5.75 Å². The first-order valence-corrected chi connectivity index (χ1v) is 10.2. The molecule has 0 spiro atoms. The number of ketones is 1. The molecule has 3 aromatic rings. The summed E-state index contributed by atoms with van der Waals surface area (Å²) in [6.45, 7) is 4.71. The van der Waals surface area contributed by atoms with Crippen LogP contribution in [0.15, 0.2) is 27.9 Å². The predicted octanol–water partition coefficient (Wildman–Crippen LogP) is 4.17. The van der Waals surface area contributed by atoms with E-state index in [1.165, 1.54) is 28.0 Å². The van der Waals surface area contributed by atoms with E-state index in [-0.39, 0.29) is 5.78 Å². The van der Waals surface area contributed by atoms with Gasteiger partial charge in [-0.2, -0.15) is 0 Å². The molecule has 0 saturated heterocycles. The van der Waals surface area contributed by atoms with E-state index >= 15 is 0 Å². The largest absolute Gasteiger partial charge is 0.362 e. The molecular weight excluding hydrogens is 360 g/mol. The molecule has 0 amide bonds. The minimum atomic E-state index is 0.115. The number of thioether (sulfide) groups is 1. The molecule has 3 heterocycles. The summed E-state index contributed by atoms with van der Waals surface area (Å²) < 4.78 is 0.812. The third-order valence-corrected chi connectivity index (χ3v) is 6.36. The maximum Gasteiger partial charge on any atom is 0.206 e. The number of carbonyl (C=O) groups excluding carboxylic acids is 1. The molecule has 0 bridgehead atoms. The van der Waals surface area contributed by atoms with E-state index in [4.69, 9.17) is 0 Å². The molecule has 0 fully saturated rings. The second kappa shape index (κ2) is 7.96. The van der Waals surface area contributed by atoms with Crippen molar-refractivity contribution in [2.24, 2.45) is 0 Å². The van der Waals surface area contributed by atoms with Crippen molar-refractivity contribution in [3.63, 3.8) is 0 Å². The van der Waals surface area contributed by atoms with E-state index in [1.807, 2.05) is 19.9 Å². The highest BCUT2D eigenvalue weighted by Crippen LogP contribution is 2.26. The quantitative estimate of drug-likeness (QED) is 0.455. The Hall–Kier alpha value is -1.64. The summed E-state index contributed by atoms with van der Waals surface area (Å²) in [6, 6.07) is 6.09. The topological polar surface area (TPSA) is 70.7 Å². The molecule has 0 saturated carbocycles. The third kappa shape index (κ3) is 4.46. The van der Waals surface area contributed by atoms with Gasteiger partial charge < -0.3 is 10.3 Å². The van der Waals surface area contributed by atoms with Crippen molar-refractivity contribution in [2.45, 2.75) is 24.6 Å². The van der Waals surface area contributed by atoms with Crippen LogP contribution in [0.4, 0.5) is 5.13 Å². The van der Waals surface area contributed by atoms with Crippen LogP contribution in [0.5, 0.6) is 0 Å². The van der Waals surface area contributed by atoms with Crippen molar-refractivity contribution < 1.29 is 4.79 Å². The van der Waals surface area contributed by atoms with Gasteiger partial charge in [0.15, 0.2) is 10.1 Å². The van der Waals surface area contributed by atoms with Gasteiger partial charge in [-0.05, 0) is 37.8 Å². The highest BCUT2D eigenvalue weighted by Gasteiger charge is 2.13. The molecule has 3 aromatic heterocycles. The summed E-state index contributed by atoms with van der Waals surface area (Å²) in [5.41, 5.74) is 2.69. The minimum absolute atomic E-state index is 0.115. The smallest absolute Gasteiger partial charge is 0.206 e. The Bertz CT molecular complexity index is 807. The Labute approximate surface area is 152 Å². The van der Waals surface area contributed by atoms with E-state index < -0.39 is 0 Å². The first kappa shape index (κ1) is 17.2. The molecule has 126 valence electrons. The molecule has 0 aliphatic heterocycles. The van der Waals surface area contributed by atoms with Gasteiger partial charge >= 0.3 is 0 Å². The number of Topliss-reactive ketones (excluding diaryl/α,β-unsaturated/α-hetero) is 1. The van der Waals surface area contributed by atoms with E-state index in [2.05, 4.69) is 38.0 Å². The monoisotopic (exact) mass is 378 g/mol. The van der Waals surface area contributed by atoms with Crippen LogP contribution in [-0.2, 0) is 6.42 Å². The number of anilines is 1. The van der Waals surface area contributed by atoms with Crippen molar-refractivity contribution in [1.82, 2.24) is 15.2 Å². The number of aryl methyl sites for hydroxylation is 2. The summed E-state index contributed by atoms with van der Waals surface area (Å²) in [5.74, 6) is 0.492. The number of aromatic amines is 1. The molecule has 5 nitrogen and oxygen atoms in total. The van der Waals surface area contributed by atoms with Gasteiger partial charge in [0.2, 0.25) is 5.13 Å². The molecule has 0 atom stereocenters. The van der Waals surface area contributed by atoms with Crippen LogP contribution in [0.2, 0.25) is 0 Å². The zero-order chi connectivity index (χ0) is 16.9. The SMILES string of the molecule is Cc1cc(C(=O)CSc2nnc(NCCc3cccs3)s2)c(C)[nH]1. The maximum atomic E-state index is 12.3. The van der Waals surface area contributed by atoms with Crippen LogP contribution in [0.3, 0.4) is 0 Å². The fourth-order valence-corrected chi connectivity index (χ4v) is 4.68. The molecule has 3 rings (SSSR count). The fraction of sp³-hybridized carbons (Fsp3) is 0.312. The molecule has 0 radical (unpaired) electrons. The van der Waals surface area contributed by atoms with Gasteiger partial charge in [0.1, 0.15) is 0 Å². The number of rotatable bonds is 8. The van der Waals surface area contributed by atoms with Gasteiger partial charge in [0.25, 0.3) is 0 Å². The van der Waals surface area contributed by atoms with Gasteiger partial charge in [-0.3, -0.25) is 4.79 Å². The number of hydrogen-bond acceptors (Lipinski definition) is 7. The number of hydrogen-bond donors (Lipinski definition) is 2. The van der Waals surface area contributed by atoms with Crippen LogP contribution < -0.4 is 5.32 Å². The maximum absolute atomic E-state index is 12.3. The van der Waals surface area contributed by atoms with Crippen molar-refractivity contribution in [2.75, 3.05) is 17.6 Å². The Morgan fingerprint density at radius 2 is 2.25 bits per heavy atom. The number of H-pyrrole nitrogens is 1. The average molecular weight is 379 g/mol. The second-order valence-electron chi connectivity index (χ2n) is 5.33. The second-order valence-corrected chi connectivity index (χ2v) is 8.56. The molecule has 0 aliphatic carbocycles. The molecule has 8 heteroatoms. The molecule has 0 aliphatic rings. The lowest BCUT2D eigenvalue weighted by Crippen LogP contribution is -2.03. The van der Waals surface area contributed by atoms with Crippen LogP contribution in [0.25, 0.3) is 0 Å². The van der Waals surface area contributed by atoms with Crippen molar-refractivity contribution in [3.8, 4) is 0 Å². The molecule has 0 unspecified atom stereocenters. The number of nitrogens with zero attached hydrogens (tertiary/aromatic N) is 2. The summed E-state index contributed by atoms with van der Waals surface area (Å²) in [4.78, 5) is 16.8. The summed E-state index contributed by atoms with van der Waals surface area (Å²) in [7, 11) is 0. The Morgan fingerprint density at radius 1 is 1.38 bits per heavy atom. The van der Waals surface area contributed by atoms with E-state index in [9.17, 15) is 4.79 Å². The number of thiophene rings is 1. The van der Waals surface area contributed by atoms with Gasteiger partial charge in [-0.15, -0.1) is 21.5 Å². The summed E-state index contributed by atoms with van der Waals surface area (Å²) >= 11 is 4.69. The van der Waals surface area contributed by atoms with Crippen LogP contribution in [-0.4, -0.2) is 33.3 Å². The molecular formula is C16H18N4OS3.